The molecule has 11 heteroatoms. The van der Waals surface area contributed by atoms with Gasteiger partial charge in [0.25, 0.3) is 5.56 Å². The number of halogens is 4. The van der Waals surface area contributed by atoms with E-state index in [1.54, 1.807) is 0 Å². The molecule has 31 heavy (non-hydrogen) atoms. The second-order valence-corrected chi connectivity index (χ2v) is 9.24. The average Bonchev–Trinajstić information content (AvgIpc) is 3.31. The molecule has 0 fully saturated rings. The monoisotopic (exact) mass is 483 g/mol. The molecule has 0 spiro atoms. The molecule has 0 radical (unpaired) electrons. The van der Waals surface area contributed by atoms with Gasteiger partial charge in [-0.1, -0.05) is 11.6 Å². The molecule has 0 atom stereocenters. The van der Waals surface area contributed by atoms with Gasteiger partial charge in [0.2, 0.25) is 5.91 Å². The number of aryl methyl sites for hydroxylation is 1. The Hall–Kier alpha value is -2.69. The zero-order valence-corrected chi connectivity index (χ0v) is 18.2. The molecule has 0 unspecified atom stereocenters. The maximum Gasteiger partial charge on any atom is 0.418 e. The topological polar surface area (TPSA) is 64.0 Å². The summed E-state index contributed by atoms with van der Waals surface area (Å²) in [5, 5.41) is 4.32. The van der Waals surface area contributed by atoms with Crippen LogP contribution >= 0.6 is 34.3 Å². The van der Waals surface area contributed by atoms with Crippen molar-refractivity contribution in [3.8, 4) is 10.4 Å². The van der Waals surface area contributed by atoms with Crippen LogP contribution in [-0.4, -0.2) is 15.5 Å². The number of amides is 1. The molecular weight excluding hydrogens is 471 g/mol. The fourth-order valence-electron chi connectivity index (χ4n) is 3.05. The quantitative estimate of drug-likeness (QED) is 0.398. The molecule has 4 rings (SSSR count). The van der Waals surface area contributed by atoms with E-state index < -0.39 is 35.4 Å². The van der Waals surface area contributed by atoms with Crippen LogP contribution in [0.5, 0.6) is 0 Å². The SMILES string of the molecule is Cc1ccc(-c2csc3ncn(CC(=O)Nc4ccc(Cl)cc4C(F)(F)F)c(=O)c23)s1. The molecule has 4 aromatic rings. The number of nitrogens with zero attached hydrogens (tertiary/aromatic N) is 2. The molecule has 0 saturated heterocycles. The smallest absolute Gasteiger partial charge is 0.324 e. The van der Waals surface area contributed by atoms with Gasteiger partial charge in [0.05, 0.1) is 23.0 Å². The lowest BCUT2D eigenvalue weighted by molar-refractivity contribution is -0.137. The molecule has 1 N–H and O–H groups in total. The number of fused-ring (bicyclic) bond motifs is 1. The molecule has 3 aromatic heterocycles. The first-order chi connectivity index (χ1) is 14.6. The minimum atomic E-state index is -4.70. The number of hydrogen-bond acceptors (Lipinski definition) is 5. The fraction of sp³-hybridized carbons (Fsp3) is 0.150. The van der Waals surface area contributed by atoms with Crippen LogP contribution in [0.3, 0.4) is 0 Å². The number of thiophene rings is 2. The summed E-state index contributed by atoms with van der Waals surface area (Å²) in [7, 11) is 0. The third-order valence-electron chi connectivity index (χ3n) is 4.44. The van der Waals surface area contributed by atoms with Gasteiger partial charge in [0, 0.05) is 25.7 Å². The molecule has 0 saturated carbocycles. The first-order valence-corrected chi connectivity index (χ1v) is 10.9. The van der Waals surface area contributed by atoms with Gasteiger partial charge in [-0.05, 0) is 37.3 Å². The van der Waals surface area contributed by atoms with Gasteiger partial charge in [-0.2, -0.15) is 13.2 Å². The first kappa shape index (κ1) is 21.5. The molecule has 1 amide bonds. The second-order valence-electron chi connectivity index (χ2n) is 6.65. The zero-order chi connectivity index (χ0) is 22.3. The Labute approximate surface area is 186 Å². The third kappa shape index (κ3) is 4.36. The minimum Gasteiger partial charge on any atom is -0.324 e. The van der Waals surface area contributed by atoms with E-state index in [2.05, 4.69) is 10.3 Å². The van der Waals surface area contributed by atoms with Gasteiger partial charge in [-0.15, -0.1) is 22.7 Å². The summed E-state index contributed by atoms with van der Waals surface area (Å²) in [5.41, 5.74) is -1.21. The Morgan fingerprint density at radius 1 is 1.26 bits per heavy atom. The number of aromatic nitrogens is 2. The summed E-state index contributed by atoms with van der Waals surface area (Å²) >= 11 is 8.50. The standard InChI is InChI=1S/C20H13ClF3N3O2S2/c1-10-2-5-15(31-10)12-8-30-18-17(12)19(29)27(9-25-18)7-16(28)26-14-4-3-11(21)6-13(14)20(22,23)24/h2-6,8-9H,7H2,1H3,(H,26,28). The third-order valence-corrected chi connectivity index (χ3v) is 6.60. The molecule has 1 aromatic carbocycles. The number of hydrogen-bond donors (Lipinski definition) is 1. The lowest BCUT2D eigenvalue weighted by Gasteiger charge is -2.14. The maximum atomic E-state index is 13.2. The van der Waals surface area contributed by atoms with Crippen molar-refractivity contribution in [1.29, 1.82) is 0 Å². The van der Waals surface area contributed by atoms with Crippen LogP contribution in [0.15, 0.2) is 46.8 Å². The van der Waals surface area contributed by atoms with E-state index in [4.69, 9.17) is 11.6 Å². The van der Waals surface area contributed by atoms with Crippen molar-refractivity contribution in [3.05, 3.63) is 67.9 Å². The van der Waals surface area contributed by atoms with Crippen molar-refractivity contribution in [2.24, 2.45) is 0 Å². The average molecular weight is 484 g/mol. The Kier molecular flexibility index (Phi) is 5.63. The number of rotatable bonds is 4. The van der Waals surface area contributed by atoms with Crippen molar-refractivity contribution in [2.75, 3.05) is 5.32 Å². The molecular formula is C20H13ClF3N3O2S2. The Balaban J connectivity index is 1.65. The number of carbonyl (C=O) groups excluding carboxylic acids is 1. The zero-order valence-electron chi connectivity index (χ0n) is 15.8. The Morgan fingerprint density at radius 3 is 2.71 bits per heavy atom. The largest absolute Gasteiger partial charge is 0.418 e. The van der Waals surface area contributed by atoms with Crippen LogP contribution < -0.4 is 10.9 Å². The number of anilines is 1. The van der Waals surface area contributed by atoms with E-state index in [1.807, 2.05) is 24.4 Å². The Bertz CT molecular complexity index is 1360. The van der Waals surface area contributed by atoms with Crippen LogP contribution in [0.2, 0.25) is 5.02 Å². The van der Waals surface area contributed by atoms with Crippen LogP contribution in [0.4, 0.5) is 18.9 Å². The molecule has 5 nitrogen and oxygen atoms in total. The van der Waals surface area contributed by atoms with E-state index in [0.29, 0.717) is 10.2 Å². The van der Waals surface area contributed by atoms with E-state index in [-0.39, 0.29) is 5.02 Å². The van der Waals surface area contributed by atoms with Crippen LogP contribution in [0.25, 0.3) is 20.7 Å². The minimum absolute atomic E-state index is 0.106. The molecule has 0 aliphatic rings. The number of carbonyl (C=O) groups is 1. The van der Waals surface area contributed by atoms with Gasteiger partial charge in [0.1, 0.15) is 11.4 Å². The lowest BCUT2D eigenvalue weighted by atomic mass is 10.1. The Morgan fingerprint density at radius 2 is 2.03 bits per heavy atom. The highest BCUT2D eigenvalue weighted by molar-refractivity contribution is 7.19. The molecule has 3 heterocycles. The summed E-state index contributed by atoms with van der Waals surface area (Å²) in [6, 6.07) is 6.90. The highest BCUT2D eigenvalue weighted by atomic mass is 35.5. The highest BCUT2D eigenvalue weighted by Gasteiger charge is 2.34. The maximum absolute atomic E-state index is 13.2. The van der Waals surface area contributed by atoms with Gasteiger partial charge in [-0.3, -0.25) is 14.2 Å². The van der Waals surface area contributed by atoms with Crippen LogP contribution in [0, 0.1) is 6.92 Å². The van der Waals surface area contributed by atoms with E-state index in [1.165, 1.54) is 35.1 Å². The van der Waals surface area contributed by atoms with E-state index >= 15 is 0 Å². The van der Waals surface area contributed by atoms with Crippen LogP contribution in [-0.2, 0) is 17.5 Å². The lowest BCUT2D eigenvalue weighted by Crippen LogP contribution is -2.28. The van der Waals surface area contributed by atoms with Crippen molar-refractivity contribution in [3.63, 3.8) is 0 Å². The molecule has 160 valence electrons. The molecule has 0 aliphatic heterocycles. The second kappa shape index (κ2) is 8.10. The van der Waals surface area contributed by atoms with Gasteiger partial charge >= 0.3 is 6.18 Å². The van der Waals surface area contributed by atoms with Crippen molar-refractivity contribution in [1.82, 2.24) is 9.55 Å². The summed E-state index contributed by atoms with van der Waals surface area (Å²) in [6.45, 7) is 1.47. The summed E-state index contributed by atoms with van der Waals surface area (Å²) < 4.78 is 40.8. The van der Waals surface area contributed by atoms with Crippen molar-refractivity contribution in [2.45, 2.75) is 19.6 Å². The summed E-state index contributed by atoms with van der Waals surface area (Å²) in [4.78, 5) is 32.2. The van der Waals surface area contributed by atoms with Crippen LogP contribution in [0.1, 0.15) is 10.4 Å². The predicted octanol–water partition coefficient (Wildman–Crippen LogP) is 5.81. The van der Waals surface area contributed by atoms with Crippen molar-refractivity contribution >= 4 is 56.1 Å². The normalized spacial score (nSPS) is 11.8. The van der Waals surface area contributed by atoms with E-state index in [9.17, 15) is 22.8 Å². The summed E-state index contributed by atoms with van der Waals surface area (Å²) in [5.74, 6) is -0.792. The van der Waals surface area contributed by atoms with Gasteiger partial charge in [0.15, 0.2) is 0 Å². The molecule has 0 aliphatic carbocycles. The van der Waals surface area contributed by atoms with Gasteiger partial charge in [-0.25, -0.2) is 4.98 Å². The number of benzene rings is 1. The van der Waals surface area contributed by atoms with E-state index in [0.717, 1.165) is 32.0 Å². The molecule has 0 bridgehead atoms. The number of nitrogens with one attached hydrogen (secondary N) is 1. The highest BCUT2D eigenvalue weighted by Crippen LogP contribution is 2.37. The predicted molar refractivity (Wildman–Crippen MR) is 117 cm³/mol. The van der Waals surface area contributed by atoms with Crippen molar-refractivity contribution < 1.29 is 18.0 Å². The fourth-order valence-corrected chi connectivity index (χ4v) is 5.08. The van der Waals surface area contributed by atoms with Gasteiger partial charge < -0.3 is 5.32 Å². The number of alkyl halides is 3. The first-order valence-electron chi connectivity index (χ1n) is 8.83. The summed E-state index contributed by atoms with van der Waals surface area (Å²) in [6.07, 6.45) is -3.48.